The van der Waals surface area contributed by atoms with Gasteiger partial charge in [-0.05, 0) is 24.6 Å². The molecular formula is C14H16BrClN4S. The van der Waals surface area contributed by atoms with Crippen molar-refractivity contribution in [1.29, 1.82) is 0 Å². The quantitative estimate of drug-likeness (QED) is 0.621. The van der Waals surface area contributed by atoms with E-state index in [1.54, 1.807) is 18.4 Å². The number of benzene rings is 1. The second-order valence-electron chi connectivity index (χ2n) is 4.38. The minimum absolute atomic E-state index is 0.614. The summed E-state index contributed by atoms with van der Waals surface area (Å²) in [6.45, 7) is 3.32. The van der Waals surface area contributed by atoms with Crippen LogP contribution in [0.5, 0.6) is 0 Å². The van der Waals surface area contributed by atoms with E-state index in [-0.39, 0.29) is 0 Å². The molecule has 0 aliphatic rings. The second kappa shape index (κ2) is 7.77. The van der Waals surface area contributed by atoms with Crippen molar-refractivity contribution in [3.63, 3.8) is 0 Å². The summed E-state index contributed by atoms with van der Waals surface area (Å²) < 4.78 is 0.970. The molecule has 0 unspecified atom stereocenters. The number of hydrogen-bond donors (Lipinski definition) is 2. The molecule has 0 saturated carbocycles. The highest BCUT2D eigenvalue weighted by Crippen LogP contribution is 2.21. The molecule has 0 atom stereocenters. The maximum Gasteiger partial charge on any atom is 0.191 e. The van der Waals surface area contributed by atoms with E-state index in [0.717, 1.165) is 26.0 Å². The van der Waals surface area contributed by atoms with Crippen LogP contribution in [0.1, 0.15) is 15.4 Å². The molecular weight excluding hydrogens is 372 g/mol. The van der Waals surface area contributed by atoms with E-state index in [9.17, 15) is 0 Å². The topological polar surface area (TPSA) is 49.3 Å². The third-order valence-corrected chi connectivity index (χ3v) is 4.52. The third-order valence-electron chi connectivity index (χ3n) is 2.76. The summed E-state index contributed by atoms with van der Waals surface area (Å²) in [6, 6.07) is 5.83. The normalized spacial score (nSPS) is 11.5. The maximum atomic E-state index is 6.19. The molecule has 2 N–H and O–H groups in total. The fourth-order valence-corrected chi connectivity index (χ4v) is 3.17. The average Bonchev–Trinajstić information content (AvgIpc) is 2.86. The first-order chi connectivity index (χ1) is 10.1. The fourth-order valence-electron chi connectivity index (χ4n) is 1.71. The SMILES string of the molecule is CN=C(NCc1ncc(C)s1)NCc1ccc(Br)cc1Cl. The summed E-state index contributed by atoms with van der Waals surface area (Å²) in [5.41, 5.74) is 1.02. The van der Waals surface area contributed by atoms with E-state index in [0.29, 0.717) is 13.1 Å². The Morgan fingerprint density at radius 1 is 1.38 bits per heavy atom. The Morgan fingerprint density at radius 2 is 2.14 bits per heavy atom. The first kappa shape index (κ1) is 16.3. The summed E-state index contributed by atoms with van der Waals surface area (Å²) in [5.74, 6) is 0.724. The van der Waals surface area contributed by atoms with Gasteiger partial charge in [0.25, 0.3) is 0 Å². The molecule has 2 aromatic rings. The van der Waals surface area contributed by atoms with E-state index >= 15 is 0 Å². The van der Waals surface area contributed by atoms with Gasteiger partial charge in [0.15, 0.2) is 5.96 Å². The lowest BCUT2D eigenvalue weighted by atomic mass is 10.2. The highest BCUT2D eigenvalue weighted by atomic mass is 79.9. The molecule has 0 bridgehead atoms. The van der Waals surface area contributed by atoms with Gasteiger partial charge in [0.2, 0.25) is 0 Å². The number of nitrogens with one attached hydrogen (secondary N) is 2. The van der Waals surface area contributed by atoms with Gasteiger partial charge in [-0.2, -0.15) is 0 Å². The number of aliphatic imine (C=N–C) groups is 1. The lowest BCUT2D eigenvalue weighted by molar-refractivity contribution is 0.805. The van der Waals surface area contributed by atoms with Crippen LogP contribution >= 0.6 is 38.9 Å². The van der Waals surface area contributed by atoms with Crippen LogP contribution in [0, 0.1) is 6.92 Å². The zero-order chi connectivity index (χ0) is 15.2. The number of halogens is 2. The van der Waals surface area contributed by atoms with Gasteiger partial charge < -0.3 is 10.6 Å². The number of rotatable bonds is 4. The highest BCUT2D eigenvalue weighted by Gasteiger charge is 2.04. The number of aryl methyl sites for hydroxylation is 1. The molecule has 0 aliphatic carbocycles. The van der Waals surface area contributed by atoms with Gasteiger partial charge >= 0.3 is 0 Å². The molecule has 0 aliphatic heterocycles. The molecule has 112 valence electrons. The van der Waals surface area contributed by atoms with Crippen molar-refractivity contribution in [2.75, 3.05) is 7.05 Å². The molecule has 1 aromatic heterocycles. The van der Waals surface area contributed by atoms with E-state index in [1.165, 1.54) is 4.88 Å². The monoisotopic (exact) mass is 386 g/mol. The van der Waals surface area contributed by atoms with Crippen molar-refractivity contribution in [2.24, 2.45) is 4.99 Å². The first-order valence-corrected chi connectivity index (χ1v) is 8.37. The first-order valence-electron chi connectivity index (χ1n) is 6.38. The van der Waals surface area contributed by atoms with Crippen molar-refractivity contribution in [2.45, 2.75) is 20.0 Å². The van der Waals surface area contributed by atoms with Gasteiger partial charge in [0.05, 0.1) is 6.54 Å². The molecule has 0 saturated heterocycles. The van der Waals surface area contributed by atoms with Crippen LogP contribution in [0.15, 0.2) is 33.9 Å². The Kier molecular flexibility index (Phi) is 6.02. The molecule has 4 nitrogen and oxygen atoms in total. The van der Waals surface area contributed by atoms with Crippen molar-refractivity contribution < 1.29 is 0 Å². The zero-order valence-corrected chi connectivity index (χ0v) is 14.9. The van der Waals surface area contributed by atoms with Gasteiger partial charge in [-0.1, -0.05) is 33.6 Å². The van der Waals surface area contributed by atoms with Gasteiger partial charge in [-0.25, -0.2) is 4.98 Å². The number of nitrogens with zero attached hydrogens (tertiary/aromatic N) is 2. The molecule has 1 aromatic carbocycles. The predicted octanol–water partition coefficient (Wildman–Crippen LogP) is 3.73. The number of aromatic nitrogens is 1. The minimum Gasteiger partial charge on any atom is -0.352 e. The molecule has 0 amide bonds. The molecule has 0 fully saturated rings. The van der Waals surface area contributed by atoms with Crippen LogP contribution < -0.4 is 10.6 Å². The summed E-state index contributed by atoms with van der Waals surface area (Å²) >= 11 is 11.3. The van der Waals surface area contributed by atoms with Crippen molar-refractivity contribution in [3.05, 3.63) is 49.3 Å². The summed E-state index contributed by atoms with van der Waals surface area (Å²) in [5, 5.41) is 8.24. The van der Waals surface area contributed by atoms with Crippen LogP contribution in [0.25, 0.3) is 0 Å². The van der Waals surface area contributed by atoms with Crippen molar-refractivity contribution >= 4 is 44.8 Å². The zero-order valence-electron chi connectivity index (χ0n) is 11.8. The number of thiazole rings is 1. The largest absolute Gasteiger partial charge is 0.352 e. The van der Waals surface area contributed by atoms with Crippen molar-refractivity contribution in [3.8, 4) is 0 Å². The summed E-state index contributed by atoms with van der Waals surface area (Å²) in [6.07, 6.45) is 1.87. The van der Waals surface area contributed by atoms with Crippen LogP contribution in [0.2, 0.25) is 5.02 Å². The maximum absolute atomic E-state index is 6.19. The molecule has 0 spiro atoms. The van der Waals surface area contributed by atoms with Crippen LogP contribution in [0.3, 0.4) is 0 Å². The lowest BCUT2D eigenvalue weighted by Crippen LogP contribution is -2.36. The average molecular weight is 388 g/mol. The van der Waals surface area contributed by atoms with Gasteiger partial charge in [0.1, 0.15) is 5.01 Å². The lowest BCUT2D eigenvalue weighted by Gasteiger charge is -2.12. The predicted molar refractivity (Wildman–Crippen MR) is 93.0 cm³/mol. The Hall–Kier alpha value is -1.11. The van der Waals surface area contributed by atoms with Crippen LogP contribution in [0.4, 0.5) is 0 Å². The Labute approximate surface area is 141 Å². The third kappa shape index (κ3) is 4.98. The van der Waals surface area contributed by atoms with E-state index in [1.807, 2.05) is 31.3 Å². The smallest absolute Gasteiger partial charge is 0.191 e. The fraction of sp³-hybridized carbons (Fsp3) is 0.286. The van der Waals surface area contributed by atoms with E-state index in [4.69, 9.17) is 11.6 Å². The minimum atomic E-state index is 0.614. The standard InChI is InChI=1S/C14H16BrClN4S/c1-9-6-18-13(21-9)8-20-14(17-2)19-7-10-3-4-11(15)5-12(10)16/h3-6H,7-8H2,1-2H3,(H2,17,19,20). The molecule has 1 heterocycles. The van der Waals surface area contributed by atoms with Crippen LogP contribution in [-0.2, 0) is 13.1 Å². The molecule has 0 radical (unpaired) electrons. The molecule has 7 heteroatoms. The van der Waals surface area contributed by atoms with E-state index < -0.39 is 0 Å². The Balaban J connectivity index is 1.88. The van der Waals surface area contributed by atoms with Crippen molar-refractivity contribution in [1.82, 2.24) is 15.6 Å². The second-order valence-corrected chi connectivity index (χ2v) is 7.02. The number of guanidine groups is 1. The van der Waals surface area contributed by atoms with Gasteiger partial charge in [0, 0.05) is 34.2 Å². The summed E-state index contributed by atoms with van der Waals surface area (Å²) in [4.78, 5) is 9.71. The summed E-state index contributed by atoms with van der Waals surface area (Å²) in [7, 11) is 1.74. The number of hydrogen-bond acceptors (Lipinski definition) is 3. The van der Waals surface area contributed by atoms with Crippen LogP contribution in [-0.4, -0.2) is 18.0 Å². The van der Waals surface area contributed by atoms with E-state index in [2.05, 4.69) is 36.5 Å². The van der Waals surface area contributed by atoms with Gasteiger partial charge in [-0.3, -0.25) is 4.99 Å². The molecule has 2 rings (SSSR count). The Morgan fingerprint density at radius 3 is 2.76 bits per heavy atom. The molecule has 21 heavy (non-hydrogen) atoms. The Bertz CT molecular complexity index is 642. The van der Waals surface area contributed by atoms with Gasteiger partial charge in [-0.15, -0.1) is 11.3 Å². The highest BCUT2D eigenvalue weighted by molar-refractivity contribution is 9.10.